The van der Waals surface area contributed by atoms with Crippen LogP contribution >= 0.6 is 0 Å². The van der Waals surface area contributed by atoms with E-state index in [1.807, 2.05) is 0 Å². The normalized spacial score (nSPS) is 12.2. The zero-order valence-electron chi connectivity index (χ0n) is 22.7. The molecule has 3 heterocycles. The molecule has 1 aromatic carbocycles. The molecule has 4 aromatic rings. The van der Waals surface area contributed by atoms with Crippen molar-refractivity contribution in [1.29, 1.82) is 0 Å². The maximum absolute atomic E-state index is 13.6. The molecule has 0 bridgehead atoms. The van der Waals surface area contributed by atoms with E-state index in [-0.39, 0.29) is 46.9 Å². The number of aromatic nitrogens is 2. The van der Waals surface area contributed by atoms with Gasteiger partial charge in [0.15, 0.2) is 19.7 Å². The Morgan fingerprint density at radius 1 is 0.976 bits per heavy atom. The molecule has 2 N–H and O–H groups in total. The first-order valence-corrected chi connectivity index (χ1v) is 16.1. The van der Waals surface area contributed by atoms with Crippen LogP contribution in [0.2, 0.25) is 0 Å². The highest BCUT2D eigenvalue weighted by atomic mass is 32.2. The number of phenols is 1. The second-order valence-electron chi connectivity index (χ2n) is 9.18. The van der Waals surface area contributed by atoms with Crippen molar-refractivity contribution in [3.8, 4) is 22.6 Å². The number of aromatic hydroxyl groups is 1. The number of nitrogens with one attached hydrogen (secondary N) is 1. The second-order valence-corrected chi connectivity index (χ2v) is 13.3. The Balaban J connectivity index is 1.95. The molecule has 0 spiro atoms. The molecule has 0 radical (unpaired) electrons. The highest BCUT2D eigenvalue weighted by molar-refractivity contribution is 7.94. The molecule has 0 fully saturated rings. The molecule has 216 valence electrons. The summed E-state index contributed by atoms with van der Waals surface area (Å²) in [5.74, 6) is -1.30. The SMILES string of the molecule is CCCS(=O)(=O)c1c(S(=O)(=O)CCC)c2cc(-c3ccncc3)ccn2c1C(=O)N/N=C\c1cc(OC)ccc1O. The quantitative estimate of drug-likeness (QED) is 0.195. The molecule has 0 unspecified atom stereocenters. The number of carbonyl (C=O) groups excluding carboxylic acids is 1. The topological polar surface area (TPSA) is 156 Å². The molecule has 11 nitrogen and oxygen atoms in total. The number of nitrogens with zero attached hydrogens (tertiary/aromatic N) is 3. The van der Waals surface area contributed by atoms with Crippen molar-refractivity contribution in [2.24, 2.45) is 5.10 Å². The van der Waals surface area contributed by atoms with Crippen LogP contribution in [-0.2, 0) is 19.7 Å². The minimum Gasteiger partial charge on any atom is -0.507 e. The molecular formula is C28H30N4O7S2. The number of pyridine rings is 2. The summed E-state index contributed by atoms with van der Waals surface area (Å²) in [7, 11) is -6.91. The third-order valence-corrected chi connectivity index (χ3v) is 10.3. The number of hydrazone groups is 1. The molecule has 1 amide bonds. The van der Waals surface area contributed by atoms with Gasteiger partial charge in [0.2, 0.25) is 0 Å². The predicted octanol–water partition coefficient (Wildman–Crippen LogP) is 3.85. The molecule has 13 heteroatoms. The number of hydrogen-bond acceptors (Lipinski definition) is 9. The number of benzene rings is 1. The number of ether oxygens (including phenoxy) is 1. The number of fused-ring (bicyclic) bond motifs is 1. The first kappa shape index (κ1) is 29.7. The van der Waals surface area contributed by atoms with Crippen LogP contribution < -0.4 is 10.2 Å². The Bertz CT molecular complexity index is 1830. The van der Waals surface area contributed by atoms with E-state index in [0.29, 0.717) is 11.3 Å². The summed E-state index contributed by atoms with van der Waals surface area (Å²) in [6.07, 6.45) is 6.25. The Kier molecular flexibility index (Phi) is 8.78. The van der Waals surface area contributed by atoms with Gasteiger partial charge in [0, 0.05) is 24.2 Å². The van der Waals surface area contributed by atoms with Crippen LogP contribution in [-0.4, -0.2) is 62.1 Å². The largest absolute Gasteiger partial charge is 0.507 e. The van der Waals surface area contributed by atoms with Crippen LogP contribution in [0.4, 0.5) is 0 Å². The lowest BCUT2D eigenvalue weighted by molar-refractivity contribution is 0.0945. The van der Waals surface area contributed by atoms with Crippen LogP contribution in [0.5, 0.6) is 11.5 Å². The fourth-order valence-electron chi connectivity index (χ4n) is 4.45. The van der Waals surface area contributed by atoms with Crippen molar-refractivity contribution in [3.05, 3.63) is 72.3 Å². The first-order valence-electron chi connectivity index (χ1n) is 12.8. The molecule has 0 atom stereocenters. The standard InChI is InChI=1S/C28H30N4O7S2/c1-4-14-40(35,36)26-23-17-20(19-8-11-29-12-9-19)10-13-32(23)25(27(26)41(37,38)15-5-2)28(34)31-30-18-21-16-22(39-3)6-7-24(21)33/h6-13,16-18,33H,4-5,14-15H2,1-3H3,(H,31,34)/b30-18-. The number of methoxy groups -OCH3 is 1. The van der Waals surface area contributed by atoms with Crippen molar-refractivity contribution < 1.29 is 31.5 Å². The van der Waals surface area contributed by atoms with Crippen LogP contribution in [0.1, 0.15) is 42.7 Å². The first-order chi connectivity index (χ1) is 19.5. The van der Waals surface area contributed by atoms with Gasteiger partial charge in [0.05, 0.1) is 30.3 Å². The fourth-order valence-corrected chi connectivity index (χ4v) is 8.42. The Hall–Kier alpha value is -4.23. The molecule has 4 rings (SSSR count). The van der Waals surface area contributed by atoms with Crippen molar-refractivity contribution >= 4 is 37.3 Å². The van der Waals surface area contributed by atoms with E-state index in [0.717, 1.165) is 5.56 Å². The van der Waals surface area contributed by atoms with Gasteiger partial charge in [0.1, 0.15) is 27.0 Å². The van der Waals surface area contributed by atoms with E-state index in [4.69, 9.17) is 4.74 Å². The molecule has 0 aliphatic rings. The molecule has 41 heavy (non-hydrogen) atoms. The predicted molar refractivity (Wildman–Crippen MR) is 155 cm³/mol. The molecule has 0 saturated heterocycles. The van der Waals surface area contributed by atoms with Crippen molar-refractivity contribution in [2.45, 2.75) is 36.5 Å². The van der Waals surface area contributed by atoms with Gasteiger partial charge in [-0.25, -0.2) is 22.3 Å². The smallest absolute Gasteiger partial charge is 0.289 e. The molecule has 0 saturated carbocycles. The highest BCUT2D eigenvalue weighted by Crippen LogP contribution is 2.36. The van der Waals surface area contributed by atoms with Gasteiger partial charge in [-0.2, -0.15) is 5.10 Å². The average Bonchev–Trinajstić information content (AvgIpc) is 3.31. The van der Waals surface area contributed by atoms with Gasteiger partial charge in [-0.3, -0.25) is 9.78 Å². The zero-order chi connectivity index (χ0) is 29.8. The number of amides is 1. The van der Waals surface area contributed by atoms with Crippen molar-refractivity contribution in [3.63, 3.8) is 0 Å². The minimum atomic E-state index is -4.23. The molecule has 3 aromatic heterocycles. The third-order valence-electron chi connectivity index (χ3n) is 6.25. The van der Waals surface area contributed by atoms with Gasteiger partial charge < -0.3 is 14.2 Å². The number of hydrogen-bond donors (Lipinski definition) is 2. The average molecular weight is 599 g/mol. The van der Waals surface area contributed by atoms with Crippen molar-refractivity contribution in [1.82, 2.24) is 14.8 Å². The van der Waals surface area contributed by atoms with Crippen LogP contribution in [0.25, 0.3) is 16.6 Å². The van der Waals surface area contributed by atoms with Crippen LogP contribution in [0.3, 0.4) is 0 Å². The summed E-state index contributed by atoms with van der Waals surface area (Å²) in [5.41, 5.74) is 3.55. The number of sulfone groups is 2. The van der Waals surface area contributed by atoms with Crippen LogP contribution in [0, 0.1) is 0 Å². The van der Waals surface area contributed by atoms with E-state index in [9.17, 15) is 26.7 Å². The maximum Gasteiger partial charge on any atom is 0.289 e. The lowest BCUT2D eigenvalue weighted by atomic mass is 10.1. The minimum absolute atomic E-state index is 0.0574. The van der Waals surface area contributed by atoms with Gasteiger partial charge in [0.25, 0.3) is 5.91 Å². The third kappa shape index (κ3) is 6.10. The lowest BCUT2D eigenvalue weighted by Crippen LogP contribution is -2.23. The van der Waals surface area contributed by atoms with E-state index < -0.39 is 35.4 Å². The summed E-state index contributed by atoms with van der Waals surface area (Å²) in [6, 6.07) is 11.1. The molecule has 0 aliphatic heterocycles. The van der Waals surface area contributed by atoms with Crippen LogP contribution in [0.15, 0.2) is 75.9 Å². The fraction of sp³-hybridized carbons (Fsp3) is 0.250. The lowest BCUT2D eigenvalue weighted by Gasteiger charge is -2.09. The zero-order valence-corrected chi connectivity index (χ0v) is 24.4. The number of phenolic OH excluding ortho intramolecular Hbond substituents is 1. The van der Waals surface area contributed by atoms with Gasteiger partial charge >= 0.3 is 0 Å². The monoisotopic (exact) mass is 598 g/mol. The maximum atomic E-state index is 13.6. The summed E-state index contributed by atoms with van der Waals surface area (Å²) in [4.78, 5) is 16.6. The van der Waals surface area contributed by atoms with E-state index in [1.165, 1.54) is 36.1 Å². The Morgan fingerprint density at radius 2 is 1.63 bits per heavy atom. The summed E-state index contributed by atoms with van der Waals surface area (Å²) in [6.45, 7) is 3.33. The number of carbonyl (C=O) groups is 1. The van der Waals surface area contributed by atoms with Crippen molar-refractivity contribution in [2.75, 3.05) is 18.6 Å². The summed E-state index contributed by atoms with van der Waals surface area (Å²) < 4.78 is 60.8. The number of rotatable bonds is 11. The van der Waals surface area contributed by atoms with E-state index in [1.54, 1.807) is 56.6 Å². The highest BCUT2D eigenvalue weighted by Gasteiger charge is 2.37. The summed E-state index contributed by atoms with van der Waals surface area (Å²) >= 11 is 0. The Labute approximate surface area is 238 Å². The molecule has 0 aliphatic carbocycles. The van der Waals surface area contributed by atoms with Gasteiger partial charge in [-0.05, 0) is 66.4 Å². The molecular weight excluding hydrogens is 568 g/mol. The van der Waals surface area contributed by atoms with Gasteiger partial charge in [-0.1, -0.05) is 13.8 Å². The Morgan fingerprint density at radius 3 is 2.27 bits per heavy atom. The van der Waals surface area contributed by atoms with Gasteiger partial charge in [-0.15, -0.1) is 0 Å². The second kappa shape index (κ2) is 12.1. The summed E-state index contributed by atoms with van der Waals surface area (Å²) in [5, 5.41) is 14.0. The van der Waals surface area contributed by atoms with E-state index in [2.05, 4.69) is 15.5 Å². The van der Waals surface area contributed by atoms with E-state index >= 15 is 0 Å².